The van der Waals surface area contributed by atoms with Crippen molar-refractivity contribution in [2.75, 3.05) is 0 Å². The van der Waals surface area contributed by atoms with Gasteiger partial charge in [-0.1, -0.05) is 18.2 Å². The average molecular weight is 352 g/mol. The van der Waals surface area contributed by atoms with Crippen molar-refractivity contribution in [2.45, 2.75) is 43.7 Å². The van der Waals surface area contributed by atoms with Crippen LogP contribution in [-0.4, -0.2) is 28.8 Å². The number of halogens is 1. The molecule has 3 atom stereocenters. The molecule has 0 unspecified atom stereocenters. The third kappa shape index (κ3) is 2.98. The van der Waals surface area contributed by atoms with E-state index in [2.05, 4.69) is 0 Å². The molecular formula is C21H21FN2O2. The van der Waals surface area contributed by atoms with Crippen LogP contribution >= 0.6 is 0 Å². The zero-order valence-corrected chi connectivity index (χ0v) is 14.4. The Bertz CT molecular complexity index is 835. The maximum Gasteiger partial charge on any atom is 0.254 e. The van der Waals surface area contributed by atoms with Gasteiger partial charge in [0.2, 0.25) is 5.91 Å². The first-order valence-corrected chi connectivity index (χ1v) is 9.01. The zero-order valence-electron chi connectivity index (χ0n) is 14.4. The molecule has 2 heterocycles. The van der Waals surface area contributed by atoms with Gasteiger partial charge in [-0.3, -0.25) is 9.59 Å². The first-order chi connectivity index (χ1) is 12.5. The predicted molar refractivity (Wildman–Crippen MR) is 96.3 cm³/mol. The lowest BCUT2D eigenvalue weighted by molar-refractivity contribution is 0.0571. The van der Waals surface area contributed by atoms with Crippen LogP contribution in [-0.2, 0) is 0 Å². The molecule has 134 valence electrons. The topological polar surface area (TPSA) is 63.4 Å². The third-order valence-corrected chi connectivity index (χ3v) is 5.70. The van der Waals surface area contributed by atoms with Gasteiger partial charge in [0.1, 0.15) is 5.82 Å². The molecule has 2 saturated heterocycles. The maximum absolute atomic E-state index is 13.2. The summed E-state index contributed by atoms with van der Waals surface area (Å²) in [5, 5.41) is 0. The predicted octanol–water partition coefficient (Wildman–Crippen LogP) is 3.48. The number of rotatable bonds is 3. The molecule has 0 radical (unpaired) electrons. The second-order valence-electron chi connectivity index (χ2n) is 7.26. The van der Waals surface area contributed by atoms with Gasteiger partial charge in [-0.25, -0.2) is 4.39 Å². The van der Waals surface area contributed by atoms with Crippen LogP contribution in [0.4, 0.5) is 4.39 Å². The Labute approximate surface area is 151 Å². The van der Waals surface area contributed by atoms with Crippen molar-refractivity contribution in [2.24, 2.45) is 5.73 Å². The molecule has 2 amide bonds. The lowest BCUT2D eigenvalue weighted by Crippen LogP contribution is -2.46. The van der Waals surface area contributed by atoms with Gasteiger partial charge in [-0.05, 0) is 67.5 Å². The van der Waals surface area contributed by atoms with Gasteiger partial charge in [0, 0.05) is 23.2 Å². The smallest absolute Gasteiger partial charge is 0.254 e. The summed E-state index contributed by atoms with van der Waals surface area (Å²) in [6.45, 7) is 0. The van der Waals surface area contributed by atoms with Crippen molar-refractivity contribution < 1.29 is 14.0 Å². The largest absolute Gasteiger partial charge is 0.366 e. The molecule has 0 aromatic heterocycles. The number of nitrogens with zero attached hydrogens (tertiary/aromatic N) is 1. The second kappa shape index (κ2) is 6.56. The van der Waals surface area contributed by atoms with E-state index in [9.17, 15) is 14.0 Å². The Balaban J connectivity index is 1.55. The summed E-state index contributed by atoms with van der Waals surface area (Å²) in [4.78, 5) is 26.4. The van der Waals surface area contributed by atoms with Crippen LogP contribution < -0.4 is 5.73 Å². The monoisotopic (exact) mass is 352 g/mol. The molecule has 4 nitrogen and oxygen atoms in total. The van der Waals surface area contributed by atoms with Crippen LogP contribution in [0.25, 0.3) is 0 Å². The standard InChI is InChI=1S/C21H21FN2O2/c22-17-6-4-13(5-7-17)16-11-18-8-9-19(12-16)24(18)21(26)15-3-1-2-14(10-15)20(23)25/h1-7,10,16,18-19H,8-9,11-12H2,(H2,23,25)/t16-,18+,19-. The lowest BCUT2D eigenvalue weighted by atomic mass is 9.84. The van der Waals surface area contributed by atoms with E-state index < -0.39 is 5.91 Å². The van der Waals surface area contributed by atoms with Crippen molar-refractivity contribution in [3.8, 4) is 0 Å². The molecule has 2 aromatic carbocycles. The van der Waals surface area contributed by atoms with Crippen LogP contribution in [0.3, 0.4) is 0 Å². The van der Waals surface area contributed by atoms with Gasteiger partial charge in [-0.2, -0.15) is 0 Å². The summed E-state index contributed by atoms with van der Waals surface area (Å²) in [5.41, 5.74) is 7.34. The number of carbonyl (C=O) groups is 2. The van der Waals surface area contributed by atoms with Crippen LogP contribution in [0.2, 0.25) is 0 Å². The number of piperidine rings is 1. The van der Waals surface area contributed by atoms with Gasteiger partial charge in [0.25, 0.3) is 5.91 Å². The fourth-order valence-corrected chi connectivity index (χ4v) is 4.47. The summed E-state index contributed by atoms with van der Waals surface area (Å²) >= 11 is 0. The highest BCUT2D eigenvalue weighted by Crippen LogP contribution is 2.43. The highest BCUT2D eigenvalue weighted by atomic mass is 19.1. The van der Waals surface area contributed by atoms with Gasteiger partial charge in [0.15, 0.2) is 0 Å². The average Bonchev–Trinajstić information content (AvgIpc) is 2.91. The highest BCUT2D eigenvalue weighted by Gasteiger charge is 2.43. The number of primary amides is 1. The first kappa shape index (κ1) is 16.8. The van der Waals surface area contributed by atoms with Gasteiger partial charge >= 0.3 is 0 Å². The summed E-state index contributed by atoms with van der Waals surface area (Å²) in [7, 11) is 0. The zero-order chi connectivity index (χ0) is 18.3. The molecule has 2 aliphatic rings. The van der Waals surface area contributed by atoms with E-state index in [1.165, 1.54) is 12.1 Å². The third-order valence-electron chi connectivity index (χ3n) is 5.70. The minimum Gasteiger partial charge on any atom is -0.366 e. The van der Waals surface area contributed by atoms with Crippen molar-refractivity contribution >= 4 is 11.8 Å². The molecule has 0 saturated carbocycles. The number of fused-ring (bicyclic) bond motifs is 2. The Kier molecular flexibility index (Phi) is 4.23. The molecule has 2 N–H and O–H groups in total. The van der Waals surface area contributed by atoms with E-state index >= 15 is 0 Å². The minimum atomic E-state index is -0.530. The van der Waals surface area contributed by atoms with Crippen molar-refractivity contribution in [1.29, 1.82) is 0 Å². The Hall–Kier alpha value is -2.69. The fraction of sp³-hybridized carbons (Fsp3) is 0.333. The lowest BCUT2D eigenvalue weighted by Gasteiger charge is -2.39. The minimum absolute atomic E-state index is 0.0295. The van der Waals surface area contributed by atoms with Crippen LogP contribution in [0.15, 0.2) is 48.5 Å². The molecule has 2 aliphatic heterocycles. The molecule has 4 rings (SSSR count). The second-order valence-corrected chi connectivity index (χ2v) is 7.26. The first-order valence-electron chi connectivity index (χ1n) is 9.01. The highest BCUT2D eigenvalue weighted by molar-refractivity contribution is 5.99. The number of hydrogen-bond acceptors (Lipinski definition) is 2. The molecule has 0 aliphatic carbocycles. The van der Waals surface area contributed by atoms with Crippen molar-refractivity contribution in [3.05, 3.63) is 71.0 Å². The quantitative estimate of drug-likeness (QED) is 0.919. The van der Waals surface area contributed by atoms with E-state index in [1.807, 2.05) is 17.0 Å². The van der Waals surface area contributed by atoms with E-state index in [4.69, 9.17) is 5.73 Å². The Morgan fingerprint density at radius 1 is 0.962 bits per heavy atom. The van der Waals surface area contributed by atoms with Crippen LogP contribution in [0.5, 0.6) is 0 Å². The summed E-state index contributed by atoms with van der Waals surface area (Å²) in [6.07, 6.45) is 3.76. The number of amides is 2. The van der Waals surface area contributed by atoms with Crippen LogP contribution in [0.1, 0.15) is 57.9 Å². The molecule has 2 aromatic rings. The molecule has 2 fully saturated rings. The Morgan fingerprint density at radius 2 is 1.58 bits per heavy atom. The molecular weight excluding hydrogens is 331 g/mol. The van der Waals surface area contributed by atoms with Crippen LogP contribution in [0, 0.1) is 5.82 Å². The Morgan fingerprint density at radius 3 is 2.19 bits per heavy atom. The normalized spacial score (nSPS) is 24.5. The fourth-order valence-electron chi connectivity index (χ4n) is 4.47. The number of hydrogen-bond donors (Lipinski definition) is 1. The van der Waals surface area contributed by atoms with E-state index in [1.54, 1.807) is 24.3 Å². The van der Waals surface area contributed by atoms with E-state index in [0.717, 1.165) is 31.2 Å². The summed E-state index contributed by atoms with van der Waals surface area (Å²) in [5.74, 6) is -0.427. The molecule has 5 heteroatoms. The maximum atomic E-state index is 13.2. The van der Waals surface area contributed by atoms with Gasteiger partial charge in [0.05, 0.1) is 0 Å². The van der Waals surface area contributed by atoms with Gasteiger partial charge in [-0.15, -0.1) is 0 Å². The molecule has 2 bridgehead atoms. The SMILES string of the molecule is NC(=O)c1cccc(C(=O)N2[C@@H]3CC[C@H]2C[C@@H](c2ccc(F)cc2)C3)c1. The van der Waals surface area contributed by atoms with E-state index in [0.29, 0.717) is 17.0 Å². The summed E-state index contributed by atoms with van der Waals surface area (Å²) < 4.78 is 13.2. The molecule has 0 spiro atoms. The molecule has 26 heavy (non-hydrogen) atoms. The van der Waals surface area contributed by atoms with Crippen molar-refractivity contribution in [3.63, 3.8) is 0 Å². The number of nitrogens with two attached hydrogens (primary N) is 1. The summed E-state index contributed by atoms with van der Waals surface area (Å²) in [6, 6.07) is 13.7. The number of benzene rings is 2. The van der Waals surface area contributed by atoms with E-state index in [-0.39, 0.29) is 23.8 Å². The van der Waals surface area contributed by atoms with Crippen molar-refractivity contribution in [1.82, 2.24) is 4.90 Å². The number of carbonyl (C=O) groups excluding carboxylic acids is 2. The van der Waals surface area contributed by atoms with Gasteiger partial charge < -0.3 is 10.6 Å².